The molecule has 0 aliphatic rings. The number of thioether (sulfide) groups is 1. The Hall–Kier alpha value is -2.57. The molecule has 0 fully saturated rings. The molecule has 0 bridgehead atoms. The van der Waals surface area contributed by atoms with Gasteiger partial charge in [0.1, 0.15) is 6.04 Å². The van der Waals surface area contributed by atoms with Crippen LogP contribution in [0, 0.1) is 5.92 Å². The molecular formula is C29H33BrN2O2S. The first-order valence-electron chi connectivity index (χ1n) is 11.9. The lowest BCUT2D eigenvalue weighted by molar-refractivity contribution is -0.139. The van der Waals surface area contributed by atoms with E-state index in [2.05, 4.69) is 47.2 Å². The van der Waals surface area contributed by atoms with Gasteiger partial charge < -0.3 is 10.2 Å². The van der Waals surface area contributed by atoms with Crippen LogP contribution in [-0.4, -0.2) is 35.1 Å². The van der Waals surface area contributed by atoms with Crippen molar-refractivity contribution < 1.29 is 9.59 Å². The summed E-state index contributed by atoms with van der Waals surface area (Å²) in [5.41, 5.74) is 3.19. The van der Waals surface area contributed by atoms with Gasteiger partial charge in [-0.2, -0.15) is 0 Å². The summed E-state index contributed by atoms with van der Waals surface area (Å²) in [6, 6.07) is 27.4. The van der Waals surface area contributed by atoms with Crippen LogP contribution in [0.15, 0.2) is 89.4 Å². The van der Waals surface area contributed by atoms with Gasteiger partial charge in [0.05, 0.1) is 5.75 Å². The van der Waals surface area contributed by atoms with Gasteiger partial charge in [0.15, 0.2) is 0 Å². The van der Waals surface area contributed by atoms with E-state index in [1.165, 1.54) is 5.56 Å². The Bertz CT molecular complexity index is 1080. The summed E-state index contributed by atoms with van der Waals surface area (Å²) in [4.78, 5) is 28.8. The van der Waals surface area contributed by atoms with E-state index < -0.39 is 6.04 Å². The monoisotopic (exact) mass is 552 g/mol. The van der Waals surface area contributed by atoms with Crippen LogP contribution >= 0.6 is 27.7 Å². The lowest BCUT2D eigenvalue weighted by Crippen LogP contribution is -2.51. The second-order valence-corrected chi connectivity index (χ2v) is 10.9. The van der Waals surface area contributed by atoms with Crippen molar-refractivity contribution in [1.29, 1.82) is 0 Å². The average Bonchev–Trinajstić information content (AvgIpc) is 2.86. The Labute approximate surface area is 221 Å². The SMILES string of the molecule is CC(C)CNC(=O)C(Cc1ccccc1)N(Cc1cccc(Br)c1)C(=O)CSCc1ccccc1. The summed E-state index contributed by atoms with van der Waals surface area (Å²) < 4.78 is 0.949. The maximum Gasteiger partial charge on any atom is 0.243 e. The van der Waals surface area contributed by atoms with Crippen LogP contribution in [0.5, 0.6) is 0 Å². The number of benzene rings is 3. The molecule has 2 amide bonds. The van der Waals surface area contributed by atoms with Crippen LogP contribution in [-0.2, 0) is 28.3 Å². The van der Waals surface area contributed by atoms with Gasteiger partial charge in [0.2, 0.25) is 11.8 Å². The predicted octanol–water partition coefficient (Wildman–Crippen LogP) is 6.09. The van der Waals surface area contributed by atoms with Gasteiger partial charge in [-0.1, -0.05) is 103 Å². The number of carbonyl (C=O) groups excluding carboxylic acids is 2. The Morgan fingerprint density at radius 2 is 1.51 bits per heavy atom. The van der Waals surface area contributed by atoms with Gasteiger partial charge >= 0.3 is 0 Å². The lowest BCUT2D eigenvalue weighted by Gasteiger charge is -2.32. The molecule has 0 radical (unpaired) electrons. The number of hydrogen-bond acceptors (Lipinski definition) is 3. The van der Waals surface area contributed by atoms with Crippen LogP contribution in [0.1, 0.15) is 30.5 Å². The van der Waals surface area contributed by atoms with Gasteiger partial charge in [-0.3, -0.25) is 9.59 Å². The number of amides is 2. The van der Waals surface area contributed by atoms with Gasteiger partial charge in [-0.15, -0.1) is 11.8 Å². The van der Waals surface area contributed by atoms with Crippen molar-refractivity contribution in [2.75, 3.05) is 12.3 Å². The predicted molar refractivity (Wildman–Crippen MR) is 149 cm³/mol. The molecule has 0 saturated heterocycles. The third-order valence-corrected chi connectivity index (χ3v) is 7.02. The summed E-state index contributed by atoms with van der Waals surface area (Å²) in [5.74, 6) is 1.24. The molecule has 1 N–H and O–H groups in total. The number of nitrogens with zero attached hydrogens (tertiary/aromatic N) is 1. The third-order valence-electron chi connectivity index (χ3n) is 5.53. The fourth-order valence-electron chi connectivity index (χ4n) is 3.72. The molecule has 4 nitrogen and oxygen atoms in total. The first-order valence-corrected chi connectivity index (χ1v) is 13.8. The number of halogens is 1. The van der Waals surface area contributed by atoms with E-state index in [1.54, 1.807) is 16.7 Å². The van der Waals surface area contributed by atoms with Crippen molar-refractivity contribution in [3.05, 3.63) is 106 Å². The summed E-state index contributed by atoms with van der Waals surface area (Å²) in [5, 5.41) is 3.07. The maximum atomic E-state index is 13.6. The molecule has 6 heteroatoms. The molecule has 0 heterocycles. The molecule has 0 aromatic heterocycles. The molecule has 1 atom stereocenters. The Morgan fingerprint density at radius 3 is 2.14 bits per heavy atom. The Morgan fingerprint density at radius 1 is 0.886 bits per heavy atom. The van der Waals surface area contributed by atoms with Crippen molar-refractivity contribution in [2.24, 2.45) is 5.92 Å². The fourth-order valence-corrected chi connectivity index (χ4v) is 5.04. The van der Waals surface area contributed by atoms with Crippen molar-refractivity contribution >= 4 is 39.5 Å². The molecule has 3 rings (SSSR count). The molecule has 0 aliphatic heterocycles. The van der Waals surface area contributed by atoms with Crippen molar-refractivity contribution in [1.82, 2.24) is 10.2 Å². The molecule has 0 aliphatic carbocycles. The zero-order valence-corrected chi connectivity index (χ0v) is 22.7. The van der Waals surface area contributed by atoms with E-state index in [9.17, 15) is 9.59 Å². The summed E-state index contributed by atoms with van der Waals surface area (Å²) in [6.07, 6.45) is 0.466. The second kappa shape index (κ2) is 14.1. The van der Waals surface area contributed by atoms with E-state index in [4.69, 9.17) is 0 Å². The smallest absolute Gasteiger partial charge is 0.243 e. The van der Waals surface area contributed by atoms with Crippen LogP contribution in [0.4, 0.5) is 0 Å². The quantitative estimate of drug-likeness (QED) is 0.295. The number of rotatable bonds is 12. The first kappa shape index (κ1) is 27.0. The van der Waals surface area contributed by atoms with Crippen LogP contribution in [0.2, 0.25) is 0 Å². The standard InChI is InChI=1S/C29H33BrN2O2S/c1-22(2)18-31-29(34)27(17-23-10-5-3-6-11-23)32(19-25-14-9-15-26(30)16-25)28(33)21-35-20-24-12-7-4-8-13-24/h3-16,22,27H,17-21H2,1-2H3,(H,31,34). The Balaban J connectivity index is 1.84. The van der Waals surface area contributed by atoms with E-state index in [0.717, 1.165) is 21.4 Å². The summed E-state index contributed by atoms with van der Waals surface area (Å²) in [7, 11) is 0. The zero-order chi connectivity index (χ0) is 25.0. The molecule has 1 unspecified atom stereocenters. The van der Waals surface area contributed by atoms with Gasteiger partial charge in [-0.25, -0.2) is 0 Å². The minimum Gasteiger partial charge on any atom is -0.354 e. The van der Waals surface area contributed by atoms with E-state index in [0.29, 0.717) is 31.2 Å². The van der Waals surface area contributed by atoms with Crippen molar-refractivity contribution in [3.63, 3.8) is 0 Å². The number of carbonyl (C=O) groups is 2. The van der Waals surface area contributed by atoms with E-state index in [1.807, 2.05) is 72.8 Å². The van der Waals surface area contributed by atoms with E-state index in [-0.39, 0.29) is 11.8 Å². The van der Waals surface area contributed by atoms with Crippen molar-refractivity contribution in [3.8, 4) is 0 Å². The summed E-state index contributed by atoms with van der Waals surface area (Å²) in [6.45, 7) is 5.08. The average molecular weight is 554 g/mol. The minimum absolute atomic E-state index is 0.0356. The van der Waals surface area contributed by atoms with Crippen LogP contribution < -0.4 is 5.32 Å². The fraction of sp³-hybridized carbons (Fsp3) is 0.310. The largest absolute Gasteiger partial charge is 0.354 e. The first-order chi connectivity index (χ1) is 16.9. The highest BCUT2D eigenvalue weighted by Gasteiger charge is 2.30. The topological polar surface area (TPSA) is 49.4 Å². The van der Waals surface area contributed by atoms with Gasteiger partial charge in [0.25, 0.3) is 0 Å². The number of nitrogens with one attached hydrogen (secondary N) is 1. The number of hydrogen-bond donors (Lipinski definition) is 1. The highest BCUT2D eigenvalue weighted by molar-refractivity contribution is 9.10. The summed E-state index contributed by atoms with van der Waals surface area (Å²) >= 11 is 5.11. The third kappa shape index (κ3) is 9.19. The molecule has 0 spiro atoms. The normalized spacial score (nSPS) is 11.8. The highest BCUT2D eigenvalue weighted by atomic mass is 79.9. The minimum atomic E-state index is -0.597. The van der Waals surface area contributed by atoms with Crippen molar-refractivity contribution in [2.45, 2.75) is 38.6 Å². The lowest BCUT2D eigenvalue weighted by atomic mass is 10.0. The van der Waals surface area contributed by atoms with Crippen LogP contribution in [0.3, 0.4) is 0 Å². The van der Waals surface area contributed by atoms with Gasteiger partial charge in [0, 0.05) is 29.7 Å². The molecule has 3 aromatic carbocycles. The highest BCUT2D eigenvalue weighted by Crippen LogP contribution is 2.20. The molecular weight excluding hydrogens is 520 g/mol. The van der Waals surface area contributed by atoms with E-state index >= 15 is 0 Å². The maximum absolute atomic E-state index is 13.6. The van der Waals surface area contributed by atoms with Crippen LogP contribution in [0.25, 0.3) is 0 Å². The Kier molecular flexibility index (Phi) is 10.9. The zero-order valence-electron chi connectivity index (χ0n) is 20.3. The molecule has 184 valence electrons. The molecule has 3 aromatic rings. The second-order valence-electron chi connectivity index (χ2n) is 8.97. The molecule has 0 saturated carbocycles. The van der Waals surface area contributed by atoms with Gasteiger partial charge in [-0.05, 0) is 34.7 Å². The molecule has 35 heavy (non-hydrogen) atoms.